The highest BCUT2D eigenvalue weighted by Crippen LogP contribution is 2.27. The molecule has 0 bridgehead atoms. The van der Waals surface area contributed by atoms with Gasteiger partial charge in [0.1, 0.15) is 5.75 Å². The van der Waals surface area contributed by atoms with Crippen LogP contribution in [0.15, 0.2) is 42.5 Å². The van der Waals surface area contributed by atoms with Gasteiger partial charge in [-0.2, -0.15) is 0 Å². The number of methoxy groups -OCH3 is 1. The van der Waals surface area contributed by atoms with Crippen molar-refractivity contribution in [2.75, 3.05) is 26.7 Å². The molecule has 1 aliphatic heterocycles. The fraction of sp³-hybridized carbons (Fsp3) is 0.350. The summed E-state index contributed by atoms with van der Waals surface area (Å²) in [5, 5.41) is 13.8. The molecule has 0 saturated carbocycles. The van der Waals surface area contributed by atoms with Gasteiger partial charge < -0.3 is 10.1 Å². The van der Waals surface area contributed by atoms with E-state index in [1.165, 1.54) is 18.2 Å². The molecule has 8 heteroatoms. The third-order valence-electron chi connectivity index (χ3n) is 4.95. The van der Waals surface area contributed by atoms with Gasteiger partial charge in [-0.15, -0.1) is 0 Å². The van der Waals surface area contributed by atoms with Gasteiger partial charge in [0.25, 0.3) is 11.6 Å². The lowest BCUT2D eigenvalue weighted by molar-refractivity contribution is -0.384. The number of nitrogens with zero attached hydrogens (tertiary/aromatic N) is 2. The highest BCUT2D eigenvalue weighted by molar-refractivity contribution is 6.34. The molecule has 2 aromatic carbocycles. The molecule has 28 heavy (non-hydrogen) atoms. The van der Waals surface area contributed by atoms with Crippen molar-refractivity contribution in [2.45, 2.75) is 18.9 Å². The molecule has 1 heterocycles. The van der Waals surface area contributed by atoms with Crippen molar-refractivity contribution in [3.05, 3.63) is 68.7 Å². The van der Waals surface area contributed by atoms with E-state index in [9.17, 15) is 14.9 Å². The zero-order valence-electron chi connectivity index (χ0n) is 15.6. The number of carbonyl (C=O) groups excluding carboxylic acids is 1. The van der Waals surface area contributed by atoms with Crippen LogP contribution in [0.3, 0.4) is 0 Å². The van der Waals surface area contributed by atoms with E-state index in [1.807, 2.05) is 24.3 Å². The van der Waals surface area contributed by atoms with Crippen LogP contribution in [0.4, 0.5) is 5.69 Å². The molecule has 1 N–H and O–H groups in total. The van der Waals surface area contributed by atoms with Crippen LogP contribution >= 0.6 is 11.6 Å². The maximum atomic E-state index is 12.6. The highest BCUT2D eigenvalue weighted by atomic mass is 35.5. The summed E-state index contributed by atoms with van der Waals surface area (Å²) in [6.45, 7) is 2.37. The molecule has 7 nitrogen and oxygen atoms in total. The van der Waals surface area contributed by atoms with E-state index in [4.69, 9.17) is 16.3 Å². The van der Waals surface area contributed by atoms with Gasteiger partial charge in [-0.05, 0) is 49.7 Å². The van der Waals surface area contributed by atoms with E-state index in [1.54, 1.807) is 7.11 Å². The van der Waals surface area contributed by atoms with Crippen LogP contribution in [0.25, 0.3) is 0 Å². The first-order valence-electron chi connectivity index (χ1n) is 9.09. The number of benzene rings is 2. The molecule has 1 fully saturated rings. The minimum Gasteiger partial charge on any atom is -0.497 e. The van der Waals surface area contributed by atoms with Gasteiger partial charge >= 0.3 is 0 Å². The fourth-order valence-corrected chi connectivity index (χ4v) is 3.68. The standard InChI is InChI=1S/C20H22ClN3O4/c1-28-16-7-4-14(5-8-16)19(23-10-2-3-11-23)13-22-20(25)17-9-6-15(24(26)27)12-18(17)21/h4-9,12,19H,2-3,10-11,13H2,1H3,(H,22,25)/t19-/m1/s1. The largest absolute Gasteiger partial charge is 0.497 e. The molecular formula is C20H22ClN3O4. The Labute approximate surface area is 168 Å². The molecule has 1 saturated heterocycles. The van der Waals surface area contributed by atoms with Crippen LogP contribution in [0.5, 0.6) is 5.75 Å². The number of amides is 1. The normalized spacial score (nSPS) is 15.2. The SMILES string of the molecule is COc1ccc([C@@H](CNC(=O)c2ccc([N+](=O)[O-])cc2Cl)N2CCCC2)cc1. The Morgan fingerprint density at radius 1 is 1.25 bits per heavy atom. The van der Waals surface area contributed by atoms with Crippen molar-refractivity contribution in [1.29, 1.82) is 0 Å². The Balaban J connectivity index is 1.74. The molecule has 0 unspecified atom stereocenters. The number of rotatable bonds is 7. The Hall–Kier alpha value is -2.64. The zero-order valence-corrected chi connectivity index (χ0v) is 16.3. The summed E-state index contributed by atoms with van der Waals surface area (Å²) >= 11 is 6.07. The van der Waals surface area contributed by atoms with Crippen LogP contribution in [-0.2, 0) is 0 Å². The predicted octanol–water partition coefficient (Wildman–Crippen LogP) is 3.82. The van der Waals surface area contributed by atoms with E-state index >= 15 is 0 Å². The van der Waals surface area contributed by atoms with Gasteiger partial charge in [-0.3, -0.25) is 19.8 Å². The average molecular weight is 404 g/mol. The van der Waals surface area contributed by atoms with Crippen molar-refractivity contribution in [3.8, 4) is 5.75 Å². The lowest BCUT2D eigenvalue weighted by Crippen LogP contribution is -2.36. The van der Waals surface area contributed by atoms with Crippen LogP contribution in [0, 0.1) is 10.1 Å². The average Bonchev–Trinajstić information content (AvgIpc) is 3.22. The second-order valence-corrected chi connectivity index (χ2v) is 7.07. The molecule has 1 amide bonds. The fourth-order valence-electron chi connectivity index (χ4n) is 3.42. The summed E-state index contributed by atoms with van der Waals surface area (Å²) in [5.74, 6) is 0.434. The minimum atomic E-state index is -0.541. The van der Waals surface area contributed by atoms with Gasteiger partial charge in [0.15, 0.2) is 0 Å². The Kier molecular flexibility index (Phi) is 6.49. The smallest absolute Gasteiger partial charge is 0.270 e. The number of carbonyl (C=O) groups is 1. The van der Waals surface area contributed by atoms with Crippen molar-refractivity contribution < 1.29 is 14.5 Å². The summed E-state index contributed by atoms with van der Waals surface area (Å²) in [7, 11) is 1.63. The third-order valence-corrected chi connectivity index (χ3v) is 5.26. The molecule has 2 aromatic rings. The Morgan fingerprint density at radius 2 is 1.93 bits per heavy atom. The van der Waals surface area contributed by atoms with E-state index in [-0.39, 0.29) is 28.2 Å². The number of ether oxygens (including phenoxy) is 1. The summed E-state index contributed by atoms with van der Waals surface area (Å²) in [6.07, 6.45) is 2.27. The maximum Gasteiger partial charge on any atom is 0.270 e. The number of hydrogen-bond donors (Lipinski definition) is 1. The number of halogens is 1. The number of likely N-dealkylation sites (tertiary alicyclic amines) is 1. The number of nitro groups is 1. The molecule has 3 rings (SSSR count). The topological polar surface area (TPSA) is 84.7 Å². The van der Waals surface area contributed by atoms with E-state index in [2.05, 4.69) is 10.2 Å². The number of nitro benzene ring substituents is 1. The molecule has 148 valence electrons. The summed E-state index contributed by atoms with van der Waals surface area (Å²) in [6, 6.07) is 11.7. The van der Waals surface area contributed by atoms with Crippen molar-refractivity contribution in [2.24, 2.45) is 0 Å². The molecule has 0 spiro atoms. The molecular weight excluding hydrogens is 382 g/mol. The number of nitrogens with one attached hydrogen (secondary N) is 1. The van der Waals surface area contributed by atoms with Crippen LogP contribution in [0.2, 0.25) is 5.02 Å². The minimum absolute atomic E-state index is 0.0363. The summed E-state index contributed by atoms with van der Waals surface area (Å²) in [4.78, 5) is 25.2. The summed E-state index contributed by atoms with van der Waals surface area (Å²) in [5.41, 5.74) is 1.18. The third kappa shape index (κ3) is 4.61. The summed E-state index contributed by atoms with van der Waals surface area (Å²) < 4.78 is 5.22. The first kappa shape index (κ1) is 20.1. The van der Waals surface area contributed by atoms with Crippen molar-refractivity contribution >= 4 is 23.2 Å². The monoisotopic (exact) mass is 403 g/mol. The molecule has 1 atom stereocenters. The second kappa shape index (κ2) is 9.03. The second-order valence-electron chi connectivity index (χ2n) is 6.66. The van der Waals surface area contributed by atoms with Gasteiger partial charge in [0.2, 0.25) is 0 Å². The first-order chi connectivity index (χ1) is 13.5. The Morgan fingerprint density at radius 3 is 2.50 bits per heavy atom. The van der Waals surface area contributed by atoms with Crippen LogP contribution in [0.1, 0.15) is 34.8 Å². The number of non-ortho nitro benzene ring substituents is 1. The van der Waals surface area contributed by atoms with E-state index in [0.717, 1.165) is 37.2 Å². The van der Waals surface area contributed by atoms with Crippen LogP contribution in [-0.4, -0.2) is 42.5 Å². The van der Waals surface area contributed by atoms with E-state index < -0.39 is 4.92 Å². The molecule has 0 aliphatic carbocycles. The highest BCUT2D eigenvalue weighted by Gasteiger charge is 2.25. The van der Waals surface area contributed by atoms with E-state index in [0.29, 0.717) is 6.54 Å². The maximum absolute atomic E-state index is 12.6. The van der Waals surface area contributed by atoms with Crippen molar-refractivity contribution in [1.82, 2.24) is 10.2 Å². The first-order valence-corrected chi connectivity index (χ1v) is 9.47. The number of hydrogen-bond acceptors (Lipinski definition) is 5. The van der Waals surface area contributed by atoms with Crippen molar-refractivity contribution in [3.63, 3.8) is 0 Å². The van der Waals surface area contributed by atoms with Gasteiger partial charge in [0.05, 0.1) is 28.7 Å². The molecule has 1 aliphatic rings. The molecule has 0 radical (unpaired) electrons. The zero-order chi connectivity index (χ0) is 20.1. The predicted molar refractivity (Wildman–Crippen MR) is 107 cm³/mol. The van der Waals surface area contributed by atoms with Gasteiger partial charge in [-0.1, -0.05) is 23.7 Å². The Bertz CT molecular complexity index is 851. The van der Waals surface area contributed by atoms with Gasteiger partial charge in [-0.25, -0.2) is 0 Å². The lowest BCUT2D eigenvalue weighted by atomic mass is 10.0. The van der Waals surface area contributed by atoms with Gasteiger partial charge in [0, 0.05) is 18.7 Å². The quantitative estimate of drug-likeness (QED) is 0.561. The van der Waals surface area contributed by atoms with Crippen LogP contribution < -0.4 is 10.1 Å². The lowest BCUT2D eigenvalue weighted by Gasteiger charge is -2.28. The molecule has 0 aromatic heterocycles.